The predicted molar refractivity (Wildman–Crippen MR) is 106 cm³/mol. The third-order valence-corrected chi connectivity index (χ3v) is 5.29. The van der Waals surface area contributed by atoms with E-state index in [0.29, 0.717) is 18.9 Å². The fraction of sp³-hybridized carbons (Fsp3) is 0.696. The van der Waals surface area contributed by atoms with Gasteiger partial charge in [0.2, 0.25) is 0 Å². The van der Waals surface area contributed by atoms with E-state index in [9.17, 15) is 4.79 Å². The van der Waals surface area contributed by atoms with Crippen LogP contribution in [0.5, 0.6) is 0 Å². The van der Waals surface area contributed by atoms with Crippen molar-refractivity contribution >= 4 is 5.78 Å². The summed E-state index contributed by atoms with van der Waals surface area (Å²) < 4.78 is 11.9. The Bertz CT molecular complexity index is 499. The second kappa shape index (κ2) is 12.2. The lowest BCUT2D eigenvalue weighted by Crippen LogP contribution is -2.20. The lowest BCUT2D eigenvalue weighted by atomic mass is 10.0. The standard InChI is InChI=1S/C23H36O3/c1-3-4-5-6-7-8-10-13-19(2)23-25-18-21(26-23)16-17-22(24)20-14-11-9-12-15-20/h9,11-12,14-15,19,21,23H,3-8,10,13,16-18H2,1-2H3. The summed E-state index contributed by atoms with van der Waals surface area (Å²) >= 11 is 0. The molecule has 3 atom stereocenters. The highest BCUT2D eigenvalue weighted by atomic mass is 16.7. The van der Waals surface area contributed by atoms with Crippen molar-refractivity contribution in [3.8, 4) is 0 Å². The maximum Gasteiger partial charge on any atom is 0.162 e. The second-order valence-electron chi connectivity index (χ2n) is 7.67. The molecule has 26 heavy (non-hydrogen) atoms. The van der Waals surface area contributed by atoms with E-state index in [2.05, 4.69) is 13.8 Å². The van der Waals surface area contributed by atoms with E-state index >= 15 is 0 Å². The summed E-state index contributed by atoms with van der Waals surface area (Å²) in [6.07, 6.45) is 11.8. The monoisotopic (exact) mass is 360 g/mol. The highest BCUT2D eigenvalue weighted by Gasteiger charge is 2.30. The number of Topliss-reactive ketones (excluding diaryl/α,β-unsaturated/α-hetero) is 1. The first-order valence-electron chi connectivity index (χ1n) is 10.6. The summed E-state index contributed by atoms with van der Waals surface area (Å²) in [6.45, 7) is 5.10. The Morgan fingerprint density at radius 1 is 1.08 bits per heavy atom. The van der Waals surface area contributed by atoms with Crippen molar-refractivity contribution in [1.29, 1.82) is 0 Å². The van der Waals surface area contributed by atoms with Gasteiger partial charge in [-0.05, 0) is 12.8 Å². The van der Waals surface area contributed by atoms with Gasteiger partial charge < -0.3 is 9.47 Å². The fourth-order valence-electron chi connectivity index (χ4n) is 3.54. The molecule has 0 radical (unpaired) electrons. The number of unbranched alkanes of at least 4 members (excludes halogenated alkanes) is 6. The Labute approximate surface area is 159 Å². The van der Waals surface area contributed by atoms with Crippen molar-refractivity contribution in [3.05, 3.63) is 35.9 Å². The van der Waals surface area contributed by atoms with Crippen LogP contribution in [0.3, 0.4) is 0 Å². The molecular formula is C23H36O3. The zero-order valence-corrected chi connectivity index (χ0v) is 16.6. The molecule has 1 aliphatic heterocycles. The van der Waals surface area contributed by atoms with Crippen LogP contribution in [0.2, 0.25) is 0 Å². The summed E-state index contributed by atoms with van der Waals surface area (Å²) in [6, 6.07) is 9.50. The molecule has 146 valence electrons. The fourth-order valence-corrected chi connectivity index (χ4v) is 3.54. The topological polar surface area (TPSA) is 35.5 Å². The molecular weight excluding hydrogens is 324 g/mol. The highest BCUT2D eigenvalue weighted by Crippen LogP contribution is 2.25. The maximum atomic E-state index is 12.2. The Kier molecular flexibility index (Phi) is 9.94. The van der Waals surface area contributed by atoms with Crippen LogP contribution in [0, 0.1) is 5.92 Å². The van der Waals surface area contributed by atoms with E-state index in [0.717, 1.165) is 18.4 Å². The summed E-state index contributed by atoms with van der Waals surface area (Å²) in [4.78, 5) is 12.2. The molecule has 3 nitrogen and oxygen atoms in total. The molecule has 0 saturated carbocycles. The predicted octanol–water partition coefficient (Wildman–Crippen LogP) is 6.17. The number of hydrogen-bond acceptors (Lipinski definition) is 3. The normalized spacial score (nSPS) is 21.0. The quantitative estimate of drug-likeness (QED) is 0.312. The van der Waals surface area contributed by atoms with Gasteiger partial charge in [0.05, 0.1) is 12.7 Å². The SMILES string of the molecule is CCCCCCCCCC(C)C1OCC(CCC(=O)c2ccccc2)O1. The molecule has 2 rings (SSSR count). The molecule has 1 fully saturated rings. The van der Waals surface area contributed by atoms with Crippen LogP contribution in [-0.2, 0) is 9.47 Å². The van der Waals surface area contributed by atoms with E-state index in [1.807, 2.05) is 30.3 Å². The van der Waals surface area contributed by atoms with Crippen LogP contribution >= 0.6 is 0 Å². The third kappa shape index (κ3) is 7.59. The summed E-state index contributed by atoms with van der Waals surface area (Å²) in [7, 11) is 0. The van der Waals surface area contributed by atoms with Gasteiger partial charge in [-0.15, -0.1) is 0 Å². The van der Waals surface area contributed by atoms with E-state index in [4.69, 9.17) is 9.47 Å². The van der Waals surface area contributed by atoms with Gasteiger partial charge in [0.15, 0.2) is 12.1 Å². The minimum Gasteiger partial charge on any atom is -0.350 e. The van der Waals surface area contributed by atoms with Gasteiger partial charge in [-0.3, -0.25) is 4.79 Å². The number of ketones is 1. The van der Waals surface area contributed by atoms with Crippen molar-refractivity contribution in [3.63, 3.8) is 0 Å². The number of carbonyl (C=O) groups excluding carboxylic acids is 1. The molecule has 1 heterocycles. The molecule has 3 heteroatoms. The molecule has 0 N–H and O–H groups in total. The van der Waals surface area contributed by atoms with Crippen LogP contribution in [0.15, 0.2) is 30.3 Å². The van der Waals surface area contributed by atoms with E-state index in [1.165, 1.54) is 44.9 Å². The molecule has 0 aliphatic carbocycles. The Morgan fingerprint density at radius 3 is 2.50 bits per heavy atom. The van der Waals surface area contributed by atoms with Crippen molar-refractivity contribution in [2.45, 2.75) is 90.4 Å². The zero-order chi connectivity index (χ0) is 18.6. The largest absolute Gasteiger partial charge is 0.350 e. The maximum absolute atomic E-state index is 12.2. The van der Waals surface area contributed by atoms with Gasteiger partial charge in [-0.25, -0.2) is 0 Å². The van der Waals surface area contributed by atoms with Gasteiger partial charge in [0.25, 0.3) is 0 Å². The highest BCUT2D eigenvalue weighted by molar-refractivity contribution is 5.95. The number of carbonyl (C=O) groups is 1. The smallest absolute Gasteiger partial charge is 0.162 e. The van der Waals surface area contributed by atoms with Crippen LogP contribution in [-0.4, -0.2) is 24.8 Å². The van der Waals surface area contributed by atoms with Crippen LogP contribution in [0.4, 0.5) is 0 Å². The van der Waals surface area contributed by atoms with Crippen LogP contribution in [0.25, 0.3) is 0 Å². The first kappa shape index (κ1) is 21.1. The molecule has 0 amide bonds. The van der Waals surface area contributed by atoms with Crippen molar-refractivity contribution in [2.75, 3.05) is 6.61 Å². The van der Waals surface area contributed by atoms with Crippen molar-refractivity contribution < 1.29 is 14.3 Å². The molecule has 1 aromatic rings. The molecule has 0 bridgehead atoms. The summed E-state index contributed by atoms with van der Waals surface area (Å²) in [5.41, 5.74) is 0.787. The van der Waals surface area contributed by atoms with E-state index < -0.39 is 0 Å². The van der Waals surface area contributed by atoms with Crippen molar-refractivity contribution in [1.82, 2.24) is 0 Å². The summed E-state index contributed by atoms with van der Waals surface area (Å²) in [5, 5.41) is 0. The van der Waals surface area contributed by atoms with Crippen LogP contribution < -0.4 is 0 Å². The minimum absolute atomic E-state index is 0.0594. The van der Waals surface area contributed by atoms with Crippen LogP contribution in [0.1, 0.15) is 88.4 Å². The first-order chi connectivity index (χ1) is 12.7. The third-order valence-electron chi connectivity index (χ3n) is 5.29. The molecule has 0 spiro atoms. The minimum atomic E-state index is -0.0908. The van der Waals surface area contributed by atoms with Gasteiger partial charge in [0, 0.05) is 17.9 Å². The van der Waals surface area contributed by atoms with Gasteiger partial charge >= 0.3 is 0 Å². The number of rotatable bonds is 13. The molecule has 1 aliphatic rings. The molecule has 1 saturated heterocycles. The van der Waals surface area contributed by atoms with E-state index in [1.54, 1.807) is 0 Å². The summed E-state index contributed by atoms with van der Waals surface area (Å²) in [5.74, 6) is 0.620. The van der Waals surface area contributed by atoms with Gasteiger partial charge in [0.1, 0.15) is 0 Å². The number of ether oxygens (including phenoxy) is 2. The number of benzene rings is 1. The average molecular weight is 361 g/mol. The van der Waals surface area contributed by atoms with Gasteiger partial charge in [-0.1, -0.05) is 89.1 Å². The van der Waals surface area contributed by atoms with Gasteiger partial charge in [-0.2, -0.15) is 0 Å². The Balaban J connectivity index is 1.56. The van der Waals surface area contributed by atoms with E-state index in [-0.39, 0.29) is 18.2 Å². The van der Waals surface area contributed by atoms with Crippen molar-refractivity contribution in [2.24, 2.45) is 5.92 Å². The molecule has 3 unspecified atom stereocenters. The Hall–Kier alpha value is -1.19. The lowest BCUT2D eigenvalue weighted by molar-refractivity contribution is -0.0946. The molecule has 0 aromatic heterocycles. The number of hydrogen-bond donors (Lipinski definition) is 0. The Morgan fingerprint density at radius 2 is 1.77 bits per heavy atom. The lowest BCUT2D eigenvalue weighted by Gasteiger charge is -2.18. The second-order valence-corrected chi connectivity index (χ2v) is 7.67. The average Bonchev–Trinajstić information content (AvgIpc) is 3.15. The first-order valence-corrected chi connectivity index (χ1v) is 10.6. The molecule has 1 aromatic carbocycles. The zero-order valence-electron chi connectivity index (χ0n) is 16.6.